The minimum absolute atomic E-state index is 0.244. The van der Waals surface area contributed by atoms with E-state index in [4.69, 9.17) is 23.2 Å². The van der Waals surface area contributed by atoms with E-state index in [1.54, 1.807) is 49.0 Å². The Kier molecular flexibility index (Phi) is 9.24. The number of anilines is 1. The molecule has 0 aliphatic carbocycles. The number of ketones is 1. The van der Waals surface area contributed by atoms with E-state index in [9.17, 15) is 14.4 Å². The lowest BCUT2D eigenvalue weighted by Crippen LogP contribution is -2.46. The number of carbonyl (C=O) groups is 3. The van der Waals surface area contributed by atoms with E-state index in [-0.39, 0.29) is 17.0 Å². The Labute approximate surface area is 210 Å². The number of thioether (sulfide) groups is 1. The maximum absolute atomic E-state index is 13.1. The second-order valence-corrected chi connectivity index (χ2v) is 10.7. The van der Waals surface area contributed by atoms with Crippen LogP contribution in [0, 0.1) is 10.5 Å². The molecule has 0 aliphatic heterocycles. The topological polar surface area (TPSA) is 75.3 Å². The number of hydrogen-bond donors (Lipinski definition) is 2. The molecule has 2 aromatic carbocycles. The molecule has 0 saturated heterocycles. The maximum Gasteiger partial charge on any atom is 0.256 e. The van der Waals surface area contributed by atoms with Crippen molar-refractivity contribution in [3.8, 4) is 0 Å². The molecule has 2 N–H and O–H groups in total. The van der Waals surface area contributed by atoms with Gasteiger partial charge in [-0.3, -0.25) is 14.4 Å². The summed E-state index contributed by atoms with van der Waals surface area (Å²) in [6, 6.07) is 9.93. The highest BCUT2D eigenvalue weighted by atomic mass is 127. The summed E-state index contributed by atoms with van der Waals surface area (Å²) in [6.45, 7) is 5.67. The zero-order valence-electron chi connectivity index (χ0n) is 17.5. The van der Waals surface area contributed by atoms with Crippen molar-refractivity contribution in [2.24, 2.45) is 0 Å². The molecule has 2 amide bonds. The smallest absolute Gasteiger partial charge is 0.256 e. The molecule has 0 spiro atoms. The van der Waals surface area contributed by atoms with Gasteiger partial charge in [-0.15, -0.1) is 0 Å². The van der Waals surface area contributed by atoms with Gasteiger partial charge in [-0.05, 0) is 73.4 Å². The van der Waals surface area contributed by atoms with E-state index in [0.717, 1.165) is 11.3 Å². The molecule has 31 heavy (non-hydrogen) atoms. The molecule has 2 rings (SSSR count). The van der Waals surface area contributed by atoms with Crippen LogP contribution < -0.4 is 10.6 Å². The van der Waals surface area contributed by atoms with E-state index in [2.05, 4.69) is 10.6 Å². The van der Waals surface area contributed by atoms with Crippen molar-refractivity contribution < 1.29 is 14.4 Å². The second-order valence-electron chi connectivity index (χ2n) is 7.58. The summed E-state index contributed by atoms with van der Waals surface area (Å²) in [5.41, 5.74) is 1.60. The van der Waals surface area contributed by atoms with Crippen molar-refractivity contribution in [2.75, 3.05) is 17.3 Å². The van der Waals surface area contributed by atoms with Crippen molar-refractivity contribution >= 4 is 80.8 Å². The van der Waals surface area contributed by atoms with E-state index >= 15 is 0 Å². The Bertz CT molecular complexity index is 1010. The molecule has 9 heteroatoms. The molecule has 0 radical (unpaired) electrons. The van der Waals surface area contributed by atoms with Crippen molar-refractivity contribution in [1.82, 2.24) is 5.32 Å². The van der Waals surface area contributed by atoms with Crippen LogP contribution in [0.4, 0.5) is 5.69 Å². The molecular weight excluding hydrogens is 570 g/mol. The number of alkyl halides is 2. The fourth-order valence-electron chi connectivity index (χ4n) is 2.94. The minimum Gasteiger partial charge on any atom is -0.346 e. The Morgan fingerprint density at radius 1 is 1.13 bits per heavy atom. The number of nitrogens with one attached hydrogen (secondary N) is 2. The van der Waals surface area contributed by atoms with Gasteiger partial charge in [-0.1, -0.05) is 41.4 Å². The number of rotatable bonds is 8. The number of Topliss-reactive ketones (excluding diaryl/α,β-unsaturated/α-hetero) is 1. The average Bonchev–Trinajstić information content (AvgIpc) is 2.68. The van der Waals surface area contributed by atoms with E-state index in [0.29, 0.717) is 14.8 Å². The zero-order chi connectivity index (χ0) is 23.3. The summed E-state index contributed by atoms with van der Waals surface area (Å²) >= 11 is 15.0. The van der Waals surface area contributed by atoms with E-state index in [1.807, 2.05) is 42.7 Å². The first-order valence-corrected chi connectivity index (χ1v) is 12.7. The number of carbonyl (C=O) groups excluding carboxylic acids is 3. The van der Waals surface area contributed by atoms with Gasteiger partial charge in [0.2, 0.25) is 0 Å². The lowest BCUT2D eigenvalue weighted by atomic mass is 10.0. The van der Waals surface area contributed by atoms with E-state index < -0.39 is 22.1 Å². The van der Waals surface area contributed by atoms with Crippen molar-refractivity contribution in [2.45, 2.75) is 31.1 Å². The van der Waals surface area contributed by atoms with Gasteiger partial charge in [0, 0.05) is 26.1 Å². The van der Waals surface area contributed by atoms with Gasteiger partial charge in [0.05, 0.1) is 11.1 Å². The van der Waals surface area contributed by atoms with Gasteiger partial charge >= 0.3 is 0 Å². The zero-order valence-corrected chi connectivity index (χ0v) is 22.0. The quantitative estimate of drug-likeness (QED) is 0.234. The summed E-state index contributed by atoms with van der Waals surface area (Å²) in [4.78, 5) is 37.1. The molecule has 166 valence electrons. The monoisotopic (exact) mass is 592 g/mol. The number of halogens is 3. The van der Waals surface area contributed by atoms with Crippen LogP contribution in [0.1, 0.15) is 50.5 Å². The SMILES string of the molecule is CSCC(C)(C)NC(=O)c1c(I)cccc1C(=O)Nc1cc(C(=O)C(Cl)Cl)ccc1C. The molecule has 2 aromatic rings. The summed E-state index contributed by atoms with van der Waals surface area (Å²) in [5.74, 6) is -0.496. The summed E-state index contributed by atoms with van der Waals surface area (Å²) < 4.78 is 0.662. The first-order chi connectivity index (χ1) is 14.5. The third-order valence-electron chi connectivity index (χ3n) is 4.41. The normalized spacial score (nSPS) is 11.4. The number of benzene rings is 2. The van der Waals surface area contributed by atoms with Crippen LogP contribution in [-0.4, -0.2) is 40.0 Å². The lowest BCUT2D eigenvalue weighted by Gasteiger charge is -2.26. The van der Waals surface area contributed by atoms with Crippen LogP contribution in [0.2, 0.25) is 0 Å². The van der Waals surface area contributed by atoms with Crippen LogP contribution in [0.15, 0.2) is 36.4 Å². The summed E-state index contributed by atoms with van der Waals surface area (Å²) in [5, 5.41) is 5.81. The van der Waals surface area contributed by atoms with Gasteiger partial charge in [-0.25, -0.2) is 0 Å². The van der Waals surface area contributed by atoms with Crippen LogP contribution in [0.25, 0.3) is 0 Å². The van der Waals surface area contributed by atoms with Crippen molar-refractivity contribution in [1.29, 1.82) is 0 Å². The molecule has 0 aromatic heterocycles. The highest BCUT2D eigenvalue weighted by Gasteiger charge is 2.26. The third kappa shape index (κ3) is 6.84. The minimum atomic E-state index is -1.19. The first kappa shape index (κ1) is 26.0. The highest BCUT2D eigenvalue weighted by molar-refractivity contribution is 14.1. The molecule has 0 saturated carbocycles. The van der Waals surface area contributed by atoms with Crippen LogP contribution in [0.3, 0.4) is 0 Å². The Hall–Kier alpha value is -1.29. The van der Waals surface area contributed by atoms with Crippen molar-refractivity contribution in [3.05, 3.63) is 62.2 Å². The number of amides is 2. The number of hydrogen-bond acceptors (Lipinski definition) is 4. The largest absolute Gasteiger partial charge is 0.346 e. The predicted octanol–water partition coefficient (Wildman–Crippen LogP) is 5.71. The molecular formula is C22H23Cl2IN2O3S. The third-order valence-corrected chi connectivity index (χ3v) is 6.72. The lowest BCUT2D eigenvalue weighted by molar-refractivity contribution is 0.0909. The number of aryl methyl sites for hydroxylation is 1. The Morgan fingerprint density at radius 2 is 1.81 bits per heavy atom. The average molecular weight is 593 g/mol. The molecule has 0 heterocycles. The standard InChI is InChI=1S/C22H23Cl2IN2O3S/c1-12-8-9-13(18(28)19(23)24)10-16(12)26-20(29)14-6-5-7-15(25)17(14)21(30)27-22(2,3)11-31-4/h5-10,19H,11H2,1-4H3,(H,26,29)(H,27,30). The van der Waals surface area contributed by atoms with Crippen LogP contribution >= 0.6 is 57.6 Å². The van der Waals surface area contributed by atoms with E-state index in [1.165, 1.54) is 6.07 Å². The molecule has 0 fully saturated rings. The van der Waals surface area contributed by atoms with Gasteiger partial charge in [0.1, 0.15) is 0 Å². The fourth-order valence-corrected chi connectivity index (χ4v) is 4.73. The van der Waals surface area contributed by atoms with Crippen LogP contribution in [-0.2, 0) is 0 Å². The Balaban J connectivity index is 2.37. The highest BCUT2D eigenvalue weighted by Crippen LogP contribution is 2.24. The summed E-state index contributed by atoms with van der Waals surface area (Å²) in [7, 11) is 0. The van der Waals surface area contributed by atoms with Gasteiger partial charge < -0.3 is 10.6 Å². The first-order valence-electron chi connectivity index (χ1n) is 9.31. The Morgan fingerprint density at radius 3 is 2.42 bits per heavy atom. The maximum atomic E-state index is 13.1. The molecule has 0 bridgehead atoms. The molecule has 0 atom stereocenters. The molecule has 5 nitrogen and oxygen atoms in total. The van der Waals surface area contributed by atoms with Crippen LogP contribution in [0.5, 0.6) is 0 Å². The fraction of sp³-hybridized carbons (Fsp3) is 0.318. The summed E-state index contributed by atoms with van der Waals surface area (Å²) in [6.07, 6.45) is 1.97. The second kappa shape index (κ2) is 11.0. The predicted molar refractivity (Wildman–Crippen MR) is 138 cm³/mol. The molecule has 0 aliphatic rings. The van der Waals surface area contributed by atoms with Gasteiger partial charge in [0.15, 0.2) is 10.6 Å². The molecule has 0 unspecified atom stereocenters. The van der Waals surface area contributed by atoms with Gasteiger partial charge in [0.25, 0.3) is 11.8 Å². The van der Waals surface area contributed by atoms with Crippen molar-refractivity contribution in [3.63, 3.8) is 0 Å². The van der Waals surface area contributed by atoms with Gasteiger partial charge in [-0.2, -0.15) is 11.8 Å².